The van der Waals surface area contributed by atoms with E-state index in [0.717, 1.165) is 14.2 Å². The molecule has 1 aromatic carbocycles. The Morgan fingerprint density at radius 2 is 1.90 bits per heavy atom. The Balaban J connectivity index is 2.59. The van der Waals surface area contributed by atoms with E-state index in [4.69, 9.17) is 16.3 Å². The van der Waals surface area contributed by atoms with Crippen LogP contribution in [-0.2, 0) is 19.1 Å². The van der Waals surface area contributed by atoms with Gasteiger partial charge in [0.1, 0.15) is 17.4 Å². The lowest BCUT2D eigenvalue weighted by molar-refractivity contribution is -0.142. The van der Waals surface area contributed by atoms with Crippen molar-refractivity contribution in [3.05, 3.63) is 40.1 Å². The van der Waals surface area contributed by atoms with E-state index in [1.54, 1.807) is 0 Å². The number of fused-ring (bicyclic) bond motifs is 1. The normalized spacial score (nSPS) is 17.1. The minimum atomic E-state index is -1.39. The molecule has 106 valence electrons. The van der Waals surface area contributed by atoms with Gasteiger partial charge in [0.25, 0.3) is 0 Å². The van der Waals surface area contributed by atoms with Gasteiger partial charge >= 0.3 is 11.9 Å². The van der Waals surface area contributed by atoms with Gasteiger partial charge < -0.3 is 19.3 Å². The highest BCUT2D eigenvalue weighted by Crippen LogP contribution is 2.39. The van der Waals surface area contributed by atoms with Gasteiger partial charge in [0.2, 0.25) is 5.76 Å². The van der Waals surface area contributed by atoms with Gasteiger partial charge in [-0.1, -0.05) is 11.6 Å². The van der Waals surface area contributed by atoms with Crippen molar-refractivity contribution in [1.82, 2.24) is 0 Å². The fourth-order valence-corrected chi connectivity index (χ4v) is 2.01. The number of benzene rings is 1. The summed E-state index contributed by atoms with van der Waals surface area (Å²) in [6, 6.07) is 4.46. The molecule has 20 heavy (non-hydrogen) atoms. The number of esters is 2. The van der Waals surface area contributed by atoms with Crippen LogP contribution in [0.4, 0.5) is 0 Å². The zero-order valence-electron chi connectivity index (χ0n) is 10.7. The Morgan fingerprint density at radius 1 is 1.25 bits per heavy atom. The lowest BCUT2D eigenvalue weighted by atomic mass is 9.97. The average Bonchev–Trinajstić information content (AvgIpc) is 2.46. The van der Waals surface area contributed by atoms with E-state index in [1.165, 1.54) is 18.2 Å². The van der Waals surface area contributed by atoms with Crippen LogP contribution in [0.1, 0.15) is 11.7 Å². The molecule has 0 saturated heterocycles. The first kappa shape index (κ1) is 14.4. The monoisotopic (exact) mass is 298 g/mol. The Hall–Kier alpha value is -2.05. The third-order valence-electron chi connectivity index (χ3n) is 2.77. The molecule has 0 radical (unpaired) electrons. The van der Waals surface area contributed by atoms with Crippen molar-refractivity contribution in [2.24, 2.45) is 0 Å². The summed E-state index contributed by atoms with van der Waals surface area (Å²) in [5, 5.41) is 10.6. The van der Waals surface area contributed by atoms with Gasteiger partial charge in [-0.2, -0.15) is 0 Å². The number of aliphatic hydroxyl groups is 1. The van der Waals surface area contributed by atoms with Gasteiger partial charge in [-0.15, -0.1) is 0 Å². The SMILES string of the molecule is COC(=O)C1=C(C(=O)OC)C(O)c2cc(Cl)ccc2O1. The van der Waals surface area contributed by atoms with Crippen LogP contribution in [0.5, 0.6) is 5.75 Å². The fraction of sp³-hybridized carbons (Fsp3) is 0.231. The van der Waals surface area contributed by atoms with Crippen LogP contribution in [0.2, 0.25) is 5.02 Å². The van der Waals surface area contributed by atoms with E-state index >= 15 is 0 Å². The smallest absolute Gasteiger partial charge is 0.374 e. The molecule has 0 amide bonds. The molecule has 1 atom stereocenters. The highest BCUT2D eigenvalue weighted by Gasteiger charge is 2.37. The number of aliphatic hydroxyl groups excluding tert-OH is 1. The minimum Gasteiger partial charge on any atom is -0.465 e. The lowest BCUT2D eigenvalue weighted by Crippen LogP contribution is -2.26. The molecule has 0 bridgehead atoms. The molecule has 1 aliphatic heterocycles. The van der Waals surface area contributed by atoms with Crippen LogP contribution >= 0.6 is 11.6 Å². The van der Waals surface area contributed by atoms with Gasteiger partial charge in [-0.05, 0) is 18.2 Å². The molecule has 0 aromatic heterocycles. The molecule has 1 heterocycles. The number of hydrogen-bond acceptors (Lipinski definition) is 6. The molecule has 1 aromatic rings. The van der Waals surface area contributed by atoms with Crippen molar-refractivity contribution in [2.45, 2.75) is 6.10 Å². The summed E-state index contributed by atoms with van der Waals surface area (Å²) in [5.74, 6) is -1.95. The van der Waals surface area contributed by atoms with Crippen molar-refractivity contribution in [2.75, 3.05) is 14.2 Å². The van der Waals surface area contributed by atoms with E-state index in [1.807, 2.05) is 0 Å². The van der Waals surface area contributed by atoms with Crippen LogP contribution in [0, 0.1) is 0 Å². The van der Waals surface area contributed by atoms with Crippen molar-refractivity contribution in [1.29, 1.82) is 0 Å². The Kier molecular flexibility index (Phi) is 3.96. The second-order valence-electron chi connectivity index (χ2n) is 3.91. The summed E-state index contributed by atoms with van der Waals surface area (Å²) in [6.45, 7) is 0. The Labute approximate surface area is 119 Å². The predicted octanol–water partition coefficient (Wildman–Crippen LogP) is 1.37. The fourth-order valence-electron chi connectivity index (χ4n) is 1.83. The van der Waals surface area contributed by atoms with Crippen molar-refractivity contribution >= 4 is 23.5 Å². The predicted molar refractivity (Wildman–Crippen MR) is 68.1 cm³/mol. The number of halogens is 1. The molecule has 0 fully saturated rings. The van der Waals surface area contributed by atoms with Crippen LogP contribution in [0.25, 0.3) is 0 Å². The molecule has 6 nitrogen and oxygen atoms in total. The summed E-state index contributed by atoms with van der Waals surface area (Å²) in [4.78, 5) is 23.4. The zero-order valence-corrected chi connectivity index (χ0v) is 11.4. The molecule has 7 heteroatoms. The molecule has 1 N–H and O–H groups in total. The number of methoxy groups -OCH3 is 2. The summed E-state index contributed by atoms with van der Waals surface area (Å²) in [7, 11) is 2.27. The first-order valence-electron chi connectivity index (χ1n) is 5.55. The topological polar surface area (TPSA) is 82.1 Å². The molecule has 1 unspecified atom stereocenters. The van der Waals surface area contributed by atoms with Crippen LogP contribution in [-0.4, -0.2) is 31.3 Å². The molecular formula is C13H11ClO6. The number of carbonyl (C=O) groups excluding carboxylic acids is 2. The second-order valence-corrected chi connectivity index (χ2v) is 4.35. The van der Waals surface area contributed by atoms with Crippen LogP contribution in [0.3, 0.4) is 0 Å². The minimum absolute atomic E-state index is 0.218. The van der Waals surface area contributed by atoms with Gasteiger partial charge in [-0.25, -0.2) is 9.59 Å². The molecular weight excluding hydrogens is 288 g/mol. The molecule has 2 rings (SSSR count). The first-order chi connectivity index (χ1) is 9.49. The number of hydrogen-bond donors (Lipinski definition) is 1. The Morgan fingerprint density at radius 3 is 2.50 bits per heavy atom. The van der Waals surface area contributed by atoms with E-state index < -0.39 is 23.8 Å². The number of carbonyl (C=O) groups is 2. The van der Waals surface area contributed by atoms with E-state index in [9.17, 15) is 14.7 Å². The summed E-state index contributed by atoms with van der Waals surface area (Å²) in [5.41, 5.74) is -0.0559. The molecule has 1 aliphatic rings. The third kappa shape index (κ3) is 2.35. The van der Waals surface area contributed by atoms with E-state index in [-0.39, 0.29) is 16.9 Å². The van der Waals surface area contributed by atoms with Gasteiger partial charge in [0.05, 0.1) is 14.2 Å². The standard InChI is InChI=1S/C13H11ClO6/c1-18-12(16)9-10(15)7-5-6(14)3-4-8(7)20-11(9)13(17)19-2/h3-5,10,15H,1-2H3. The van der Waals surface area contributed by atoms with Gasteiger partial charge in [0, 0.05) is 10.6 Å². The maximum atomic E-state index is 11.7. The number of ether oxygens (including phenoxy) is 3. The zero-order chi connectivity index (χ0) is 14.9. The number of rotatable bonds is 2. The molecule has 0 spiro atoms. The van der Waals surface area contributed by atoms with Crippen molar-refractivity contribution in [3.8, 4) is 5.75 Å². The summed E-state index contributed by atoms with van der Waals surface area (Å²) < 4.78 is 14.4. The maximum absolute atomic E-state index is 11.7. The van der Waals surface area contributed by atoms with Crippen LogP contribution in [0.15, 0.2) is 29.5 Å². The lowest BCUT2D eigenvalue weighted by Gasteiger charge is -2.25. The first-order valence-corrected chi connectivity index (χ1v) is 5.93. The third-order valence-corrected chi connectivity index (χ3v) is 3.01. The van der Waals surface area contributed by atoms with Crippen LogP contribution < -0.4 is 4.74 Å². The average molecular weight is 299 g/mol. The second kappa shape index (κ2) is 5.52. The Bertz CT molecular complexity index is 607. The summed E-state index contributed by atoms with van der Waals surface area (Å²) >= 11 is 5.84. The van der Waals surface area contributed by atoms with Crippen molar-refractivity contribution in [3.63, 3.8) is 0 Å². The van der Waals surface area contributed by atoms with E-state index in [2.05, 4.69) is 9.47 Å². The molecule has 0 saturated carbocycles. The highest BCUT2D eigenvalue weighted by atomic mass is 35.5. The van der Waals surface area contributed by atoms with Crippen molar-refractivity contribution < 1.29 is 28.9 Å². The van der Waals surface area contributed by atoms with Gasteiger partial charge in [-0.3, -0.25) is 0 Å². The van der Waals surface area contributed by atoms with Gasteiger partial charge in [0.15, 0.2) is 0 Å². The maximum Gasteiger partial charge on any atom is 0.374 e. The summed E-state index contributed by atoms with van der Waals surface area (Å²) in [6.07, 6.45) is -1.39. The highest BCUT2D eigenvalue weighted by molar-refractivity contribution is 6.30. The largest absolute Gasteiger partial charge is 0.465 e. The molecule has 0 aliphatic carbocycles. The van der Waals surface area contributed by atoms with E-state index in [0.29, 0.717) is 5.02 Å². The quantitative estimate of drug-likeness (QED) is 0.830.